The molecule has 0 aliphatic carbocycles. The first-order chi connectivity index (χ1) is 9.03. The van der Waals surface area contributed by atoms with E-state index in [1.54, 1.807) is 0 Å². The topological polar surface area (TPSA) is 58.4 Å². The van der Waals surface area contributed by atoms with E-state index in [1.807, 2.05) is 13.8 Å². The van der Waals surface area contributed by atoms with Gasteiger partial charge in [0.25, 0.3) is 0 Å². The van der Waals surface area contributed by atoms with Gasteiger partial charge in [-0.05, 0) is 45.7 Å². The molecule has 112 valence electrons. The van der Waals surface area contributed by atoms with Crippen LogP contribution < -0.4 is 11.1 Å². The van der Waals surface area contributed by atoms with Crippen molar-refractivity contribution in [3.05, 3.63) is 0 Å². The highest BCUT2D eigenvalue weighted by Gasteiger charge is 2.31. The van der Waals surface area contributed by atoms with Crippen molar-refractivity contribution in [2.24, 2.45) is 5.73 Å². The second-order valence-corrected chi connectivity index (χ2v) is 5.92. The lowest BCUT2D eigenvalue weighted by atomic mass is 9.95. The number of nitrogens with zero attached hydrogens (tertiary/aromatic N) is 1. The minimum atomic E-state index is -0.570. The van der Waals surface area contributed by atoms with Crippen molar-refractivity contribution in [2.45, 2.75) is 70.9 Å². The molecule has 1 heterocycles. The van der Waals surface area contributed by atoms with Gasteiger partial charge in [-0.15, -0.1) is 0 Å². The predicted molar refractivity (Wildman–Crippen MR) is 80.0 cm³/mol. The number of likely N-dealkylation sites (tertiary alicyclic amines) is 1. The lowest BCUT2D eigenvalue weighted by Gasteiger charge is -2.34. The molecule has 2 atom stereocenters. The zero-order chi connectivity index (χ0) is 14.3. The average molecular weight is 269 g/mol. The number of hydrogen-bond acceptors (Lipinski definition) is 3. The van der Waals surface area contributed by atoms with Crippen LogP contribution in [0.15, 0.2) is 0 Å². The molecule has 1 saturated heterocycles. The van der Waals surface area contributed by atoms with Crippen molar-refractivity contribution in [1.82, 2.24) is 10.2 Å². The third kappa shape index (κ3) is 4.77. The fourth-order valence-electron chi connectivity index (χ4n) is 3.05. The summed E-state index contributed by atoms with van der Waals surface area (Å²) >= 11 is 0. The first kappa shape index (κ1) is 16.4. The number of carbonyl (C=O) groups excluding carboxylic acids is 1. The maximum absolute atomic E-state index is 11.6. The van der Waals surface area contributed by atoms with E-state index < -0.39 is 5.54 Å². The lowest BCUT2D eigenvalue weighted by Crippen LogP contribution is -2.55. The maximum atomic E-state index is 11.6. The summed E-state index contributed by atoms with van der Waals surface area (Å²) in [5.74, 6) is -0.239. The molecular weight excluding hydrogens is 238 g/mol. The van der Waals surface area contributed by atoms with Crippen LogP contribution in [-0.2, 0) is 4.79 Å². The number of nitrogens with two attached hydrogens (primary N) is 1. The zero-order valence-corrected chi connectivity index (χ0v) is 12.9. The normalized spacial score (nSPS) is 24.7. The summed E-state index contributed by atoms with van der Waals surface area (Å²) < 4.78 is 0. The molecular formula is C15H31N3O. The Morgan fingerprint density at radius 2 is 2.11 bits per heavy atom. The van der Waals surface area contributed by atoms with Crippen LogP contribution in [0, 0.1) is 0 Å². The van der Waals surface area contributed by atoms with E-state index in [0.717, 1.165) is 19.5 Å². The van der Waals surface area contributed by atoms with E-state index in [9.17, 15) is 4.79 Å². The first-order valence-electron chi connectivity index (χ1n) is 7.82. The smallest absolute Gasteiger partial charge is 0.237 e. The third-order valence-corrected chi connectivity index (χ3v) is 4.48. The van der Waals surface area contributed by atoms with Gasteiger partial charge in [0.05, 0.1) is 5.54 Å². The number of likely N-dealkylation sites (N-methyl/N-ethyl adjacent to an activating group) is 1. The van der Waals surface area contributed by atoms with Crippen molar-refractivity contribution in [3.63, 3.8) is 0 Å². The quantitative estimate of drug-likeness (QED) is 0.742. The highest BCUT2D eigenvalue weighted by Crippen LogP contribution is 2.21. The van der Waals surface area contributed by atoms with Crippen molar-refractivity contribution in [3.8, 4) is 0 Å². The fraction of sp³-hybridized carbons (Fsp3) is 0.933. The summed E-state index contributed by atoms with van der Waals surface area (Å²) in [5.41, 5.74) is 4.98. The maximum Gasteiger partial charge on any atom is 0.237 e. The molecule has 3 N–H and O–H groups in total. The van der Waals surface area contributed by atoms with Crippen LogP contribution in [0.5, 0.6) is 0 Å². The second-order valence-electron chi connectivity index (χ2n) is 5.92. The molecule has 0 saturated carbocycles. The molecule has 1 rings (SSSR count). The molecule has 1 fully saturated rings. The fourth-order valence-corrected chi connectivity index (χ4v) is 3.05. The molecule has 1 amide bonds. The van der Waals surface area contributed by atoms with Crippen molar-refractivity contribution < 1.29 is 4.79 Å². The van der Waals surface area contributed by atoms with Gasteiger partial charge in [-0.2, -0.15) is 0 Å². The minimum Gasteiger partial charge on any atom is -0.368 e. The van der Waals surface area contributed by atoms with Crippen molar-refractivity contribution in [2.75, 3.05) is 19.6 Å². The summed E-state index contributed by atoms with van der Waals surface area (Å²) in [6.45, 7) is 9.11. The van der Waals surface area contributed by atoms with Gasteiger partial charge in [0.1, 0.15) is 0 Å². The van der Waals surface area contributed by atoms with E-state index in [4.69, 9.17) is 5.73 Å². The standard InChI is InChI=1S/C15H31N3O/c1-4-13-9-7-6-8-11-18(13)12-10-15(3,14(16)19)17-5-2/h13,17H,4-12H2,1-3H3,(H2,16,19). The Hall–Kier alpha value is -0.610. The number of primary amides is 1. The second kappa shape index (κ2) is 7.85. The molecule has 1 aliphatic heterocycles. The molecule has 0 spiro atoms. The number of hydrogen-bond donors (Lipinski definition) is 2. The zero-order valence-electron chi connectivity index (χ0n) is 12.9. The van der Waals surface area contributed by atoms with E-state index in [1.165, 1.54) is 38.6 Å². The number of rotatable bonds is 7. The van der Waals surface area contributed by atoms with Crippen molar-refractivity contribution in [1.29, 1.82) is 0 Å². The summed E-state index contributed by atoms with van der Waals surface area (Å²) in [6, 6.07) is 0.682. The molecule has 19 heavy (non-hydrogen) atoms. The van der Waals surface area contributed by atoms with E-state index in [0.29, 0.717) is 6.04 Å². The monoisotopic (exact) mass is 269 g/mol. The Balaban J connectivity index is 2.58. The van der Waals surface area contributed by atoms with Crippen LogP contribution >= 0.6 is 0 Å². The molecule has 0 aromatic heterocycles. The minimum absolute atomic E-state index is 0.239. The van der Waals surface area contributed by atoms with Crippen LogP contribution in [0.2, 0.25) is 0 Å². The highest BCUT2D eigenvalue weighted by molar-refractivity contribution is 5.84. The molecule has 0 aromatic carbocycles. The van der Waals surface area contributed by atoms with Crippen LogP contribution in [0.1, 0.15) is 59.3 Å². The van der Waals surface area contributed by atoms with Crippen LogP contribution in [-0.4, -0.2) is 42.0 Å². The molecule has 4 heteroatoms. The van der Waals surface area contributed by atoms with E-state index >= 15 is 0 Å². The average Bonchev–Trinajstić information content (AvgIpc) is 2.61. The van der Waals surface area contributed by atoms with Gasteiger partial charge in [-0.3, -0.25) is 4.79 Å². The Labute approximate surface area is 118 Å². The molecule has 1 aliphatic rings. The van der Waals surface area contributed by atoms with Gasteiger partial charge in [-0.1, -0.05) is 26.7 Å². The van der Waals surface area contributed by atoms with Gasteiger partial charge in [0, 0.05) is 12.6 Å². The largest absolute Gasteiger partial charge is 0.368 e. The molecule has 0 radical (unpaired) electrons. The third-order valence-electron chi connectivity index (χ3n) is 4.48. The van der Waals surface area contributed by atoms with Crippen molar-refractivity contribution >= 4 is 5.91 Å². The Bertz CT molecular complexity index is 283. The Kier molecular flexibility index (Phi) is 6.80. The number of nitrogens with one attached hydrogen (secondary N) is 1. The Morgan fingerprint density at radius 3 is 2.68 bits per heavy atom. The van der Waals surface area contributed by atoms with Gasteiger partial charge in [0.15, 0.2) is 0 Å². The summed E-state index contributed by atoms with van der Waals surface area (Å²) in [4.78, 5) is 14.2. The molecule has 4 nitrogen and oxygen atoms in total. The number of amides is 1. The Morgan fingerprint density at radius 1 is 1.37 bits per heavy atom. The predicted octanol–water partition coefficient (Wildman–Crippen LogP) is 1.88. The van der Waals surface area contributed by atoms with E-state index in [2.05, 4.69) is 17.1 Å². The van der Waals surface area contributed by atoms with Crippen LogP contribution in [0.3, 0.4) is 0 Å². The van der Waals surface area contributed by atoms with Gasteiger partial charge in [-0.25, -0.2) is 0 Å². The first-order valence-corrected chi connectivity index (χ1v) is 7.82. The van der Waals surface area contributed by atoms with Crippen LogP contribution in [0.25, 0.3) is 0 Å². The highest BCUT2D eigenvalue weighted by atomic mass is 16.1. The SMILES string of the molecule is CCNC(C)(CCN1CCCCCC1CC)C(N)=O. The lowest BCUT2D eigenvalue weighted by molar-refractivity contribution is -0.124. The molecule has 0 aromatic rings. The van der Waals surface area contributed by atoms with E-state index in [-0.39, 0.29) is 5.91 Å². The summed E-state index contributed by atoms with van der Waals surface area (Å²) in [6.07, 6.45) is 7.26. The summed E-state index contributed by atoms with van der Waals surface area (Å²) in [7, 11) is 0. The molecule has 0 bridgehead atoms. The number of carbonyl (C=O) groups is 1. The van der Waals surface area contributed by atoms with Crippen LogP contribution in [0.4, 0.5) is 0 Å². The van der Waals surface area contributed by atoms with Gasteiger partial charge >= 0.3 is 0 Å². The molecule has 2 unspecified atom stereocenters. The van der Waals surface area contributed by atoms with Gasteiger partial charge < -0.3 is 16.0 Å². The van der Waals surface area contributed by atoms with Gasteiger partial charge in [0.2, 0.25) is 5.91 Å². The summed E-state index contributed by atoms with van der Waals surface area (Å²) in [5, 5.41) is 3.25.